The second kappa shape index (κ2) is 7.19. The molecule has 0 aliphatic carbocycles. The van der Waals surface area contributed by atoms with E-state index < -0.39 is 0 Å². The number of para-hydroxylation sites is 2. The maximum Gasteiger partial charge on any atom is 0.298 e. The number of ether oxygens (including phenoxy) is 1. The van der Waals surface area contributed by atoms with Crippen molar-refractivity contribution >= 4 is 22.9 Å². The number of piperidine rings is 1. The van der Waals surface area contributed by atoms with E-state index in [1.54, 1.807) is 19.5 Å². The fourth-order valence-electron chi connectivity index (χ4n) is 3.50. The van der Waals surface area contributed by atoms with Crippen LogP contribution in [-0.4, -0.2) is 48.7 Å². The Hall–Kier alpha value is -2.83. The van der Waals surface area contributed by atoms with Crippen LogP contribution in [0.3, 0.4) is 0 Å². The topological polar surface area (TPSA) is 67.5 Å². The Balaban J connectivity index is 1.37. The van der Waals surface area contributed by atoms with E-state index in [2.05, 4.69) is 24.8 Å². The molecule has 0 N–H and O–H groups in total. The van der Waals surface area contributed by atoms with E-state index in [9.17, 15) is 0 Å². The summed E-state index contributed by atoms with van der Waals surface area (Å²) < 4.78 is 11.2. The van der Waals surface area contributed by atoms with E-state index in [0.717, 1.165) is 55.4 Å². The van der Waals surface area contributed by atoms with Crippen molar-refractivity contribution < 1.29 is 9.15 Å². The van der Waals surface area contributed by atoms with Crippen LogP contribution in [0.5, 0.6) is 5.88 Å². The minimum atomic E-state index is 0.568. The highest BCUT2D eigenvalue weighted by molar-refractivity contribution is 5.74. The largest absolute Gasteiger partial charge is 0.478 e. The lowest BCUT2D eigenvalue weighted by Gasteiger charge is -2.33. The smallest absolute Gasteiger partial charge is 0.298 e. The molecular formula is C19H23N5O2. The van der Waals surface area contributed by atoms with Crippen LogP contribution in [0, 0.1) is 5.92 Å². The van der Waals surface area contributed by atoms with Crippen molar-refractivity contribution in [2.45, 2.75) is 12.8 Å². The number of hydrogen-bond acceptors (Lipinski definition) is 7. The average Bonchev–Trinajstić information content (AvgIpc) is 3.12. The van der Waals surface area contributed by atoms with Crippen molar-refractivity contribution in [1.82, 2.24) is 15.0 Å². The summed E-state index contributed by atoms with van der Waals surface area (Å²) in [6.07, 6.45) is 5.52. The second-order valence-corrected chi connectivity index (χ2v) is 6.66. The van der Waals surface area contributed by atoms with Crippen LogP contribution < -0.4 is 14.5 Å². The fraction of sp³-hybridized carbons (Fsp3) is 0.421. The molecule has 1 fully saturated rings. The highest BCUT2D eigenvalue weighted by Gasteiger charge is 2.24. The van der Waals surface area contributed by atoms with Crippen LogP contribution in [-0.2, 0) is 0 Å². The van der Waals surface area contributed by atoms with E-state index in [1.807, 2.05) is 31.3 Å². The summed E-state index contributed by atoms with van der Waals surface area (Å²) in [6.45, 7) is 2.82. The third kappa shape index (κ3) is 3.29. The van der Waals surface area contributed by atoms with Gasteiger partial charge in [0.2, 0.25) is 0 Å². The molecule has 3 heterocycles. The zero-order chi connectivity index (χ0) is 17.9. The van der Waals surface area contributed by atoms with Crippen molar-refractivity contribution in [3.05, 3.63) is 36.7 Å². The molecule has 3 aromatic rings. The first-order chi connectivity index (χ1) is 12.7. The van der Waals surface area contributed by atoms with E-state index >= 15 is 0 Å². The van der Waals surface area contributed by atoms with Crippen molar-refractivity contribution in [3.63, 3.8) is 0 Å². The first-order valence-corrected chi connectivity index (χ1v) is 8.91. The second-order valence-electron chi connectivity index (χ2n) is 6.66. The van der Waals surface area contributed by atoms with Gasteiger partial charge in [-0.1, -0.05) is 12.1 Å². The molecule has 0 unspecified atom stereocenters. The molecule has 0 spiro atoms. The van der Waals surface area contributed by atoms with E-state index in [1.165, 1.54) is 0 Å². The van der Waals surface area contributed by atoms with E-state index in [4.69, 9.17) is 9.15 Å². The lowest BCUT2D eigenvalue weighted by molar-refractivity contribution is 0.381. The number of benzene rings is 1. The molecule has 0 radical (unpaired) electrons. The molecular weight excluding hydrogens is 330 g/mol. The quantitative estimate of drug-likeness (QED) is 0.698. The Morgan fingerprint density at radius 3 is 2.73 bits per heavy atom. The van der Waals surface area contributed by atoms with Gasteiger partial charge in [0, 0.05) is 39.1 Å². The first kappa shape index (κ1) is 16.6. The summed E-state index contributed by atoms with van der Waals surface area (Å²) in [5, 5.41) is 0. The van der Waals surface area contributed by atoms with E-state index in [-0.39, 0.29) is 0 Å². The predicted molar refractivity (Wildman–Crippen MR) is 101 cm³/mol. The van der Waals surface area contributed by atoms with Crippen molar-refractivity contribution in [3.8, 4) is 5.88 Å². The van der Waals surface area contributed by atoms with Crippen LogP contribution in [0.15, 0.2) is 41.1 Å². The summed E-state index contributed by atoms with van der Waals surface area (Å²) in [7, 11) is 3.67. The van der Waals surface area contributed by atoms with Gasteiger partial charge >= 0.3 is 0 Å². The lowest BCUT2D eigenvalue weighted by Crippen LogP contribution is -2.38. The minimum Gasteiger partial charge on any atom is -0.478 e. The molecule has 2 aromatic heterocycles. The van der Waals surface area contributed by atoms with Gasteiger partial charge in [-0.25, -0.2) is 9.97 Å². The first-order valence-electron chi connectivity index (χ1n) is 8.91. The summed E-state index contributed by atoms with van der Waals surface area (Å²) in [5.41, 5.74) is 1.76. The van der Waals surface area contributed by atoms with Gasteiger partial charge in [0.05, 0.1) is 7.11 Å². The maximum atomic E-state index is 5.89. The highest BCUT2D eigenvalue weighted by Crippen LogP contribution is 2.28. The molecule has 0 amide bonds. The number of oxazole rings is 1. The molecule has 1 aliphatic rings. The Kier molecular flexibility index (Phi) is 4.60. The third-order valence-corrected chi connectivity index (χ3v) is 4.90. The van der Waals surface area contributed by atoms with Crippen molar-refractivity contribution in [1.29, 1.82) is 0 Å². The standard InChI is InChI=1S/C19H23N5O2/c1-23(17-18(25-2)21-10-9-20-17)13-14-7-11-24(12-8-14)19-22-15-5-3-4-6-16(15)26-19/h3-6,9-10,14H,7-8,11-13H2,1-2H3. The van der Waals surface area contributed by atoms with Gasteiger partial charge in [-0.15, -0.1) is 0 Å². The van der Waals surface area contributed by atoms with Gasteiger partial charge in [-0.05, 0) is 30.9 Å². The fourth-order valence-corrected chi connectivity index (χ4v) is 3.50. The van der Waals surface area contributed by atoms with Gasteiger partial charge in [0.1, 0.15) is 5.52 Å². The molecule has 26 heavy (non-hydrogen) atoms. The van der Waals surface area contributed by atoms with Gasteiger partial charge in [-0.3, -0.25) is 0 Å². The zero-order valence-corrected chi connectivity index (χ0v) is 15.1. The maximum absolute atomic E-state index is 5.89. The SMILES string of the molecule is COc1nccnc1N(C)CC1CCN(c2nc3ccccc3o2)CC1. The summed E-state index contributed by atoms with van der Waals surface area (Å²) in [6, 6.07) is 8.63. The van der Waals surface area contributed by atoms with Crippen LogP contribution in [0.1, 0.15) is 12.8 Å². The monoisotopic (exact) mass is 353 g/mol. The van der Waals surface area contributed by atoms with Crippen LogP contribution >= 0.6 is 0 Å². The van der Waals surface area contributed by atoms with Crippen molar-refractivity contribution in [2.75, 3.05) is 43.6 Å². The van der Waals surface area contributed by atoms with Gasteiger partial charge in [-0.2, -0.15) is 4.98 Å². The van der Waals surface area contributed by atoms with Gasteiger partial charge in [0.15, 0.2) is 11.4 Å². The lowest BCUT2D eigenvalue weighted by atomic mass is 9.96. The molecule has 4 rings (SSSR count). The summed E-state index contributed by atoms with van der Waals surface area (Å²) in [5.74, 6) is 1.95. The molecule has 0 saturated carbocycles. The molecule has 7 heteroatoms. The number of methoxy groups -OCH3 is 1. The molecule has 0 bridgehead atoms. The molecule has 0 atom stereocenters. The third-order valence-electron chi connectivity index (χ3n) is 4.90. The van der Waals surface area contributed by atoms with Crippen LogP contribution in [0.4, 0.5) is 11.8 Å². The summed E-state index contributed by atoms with van der Waals surface area (Å²) in [4.78, 5) is 17.6. The number of aromatic nitrogens is 3. The number of nitrogens with zero attached hydrogens (tertiary/aromatic N) is 5. The highest BCUT2D eigenvalue weighted by atomic mass is 16.5. The number of anilines is 2. The molecule has 1 aromatic carbocycles. The Morgan fingerprint density at radius 2 is 1.96 bits per heavy atom. The average molecular weight is 353 g/mol. The van der Waals surface area contributed by atoms with E-state index in [0.29, 0.717) is 11.8 Å². The van der Waals surface area contributed by atoms with Crippen molar-refractivity contribution in [2.24, 2.45) is 5.92 Å². The molecule has 136 valence electrons. The predicted octanol–water partition coefficient (Wildman–Crippen LogP) is 2.98. The van der Waals surface area contributed by atoms with Crippen LogP contribution in [0.2, 0.25) is 0 Å². The molecule has 7 nitrogen and oxygen atoms in total. The van der Waals surface area contributed by atoms with Crippen LogP contribution in [0.25, 0.3) is 11.1 Å². The minimum absolute atomic E-state index is 0.568. The summed E-state index contributed by atoms with van der Waals surface area (Å²) >= 11 is 0. The Bertz CT molecular complexity index is 840. The van der Waals surface area contributed by atoms with Gasteiger partial charge in [0.25, 0.3) is 11.9 Å². The number of hydrogen-bond donors (Lipinski definition) is 0. The zero-order valence-electron chi connectivity index (χ0n) is 15.1. The Labute approximate surface area is 152 Å². The normalized spacial score (nSPS) is 15.4. The number of fused-ring (bicyclic) bond motifs is 1. The number of rotatable bonds is 5. The molecule has 1 aliphatic heterocycles. The Morgan fingerprint density at radius 1 is 1.19 bits per heavy atom. The van der Waals surface area contributed by atoms with Gasteiger partial charge < -0.3 is 19.0 Å². The molecule has 1 saturated heterocycles.